The summed E-state index contributed by atoms with van der Waals surface area (Å²) in [5.74, 6) is -0.208. The fourth-order valence-corrected chi connectivity index (χ4v) is 2.36. The second-order valence-corrected chi connectivity index (χ2v) is 4.22. The molecule has 0 amide bonds. The molecule has 0 aromatic heterocycles. The van der Waals surface area contributed by atoms with Crippen molar-refractivity contribution >= 4 is 5.97 Å². The van der Waals surface area contributed by atoms with Crippen molar-refractivity contribution in [1.29, 1.82) is 5.26 Å². The van der Waals surface area contributed by atoms with E-state index in [0.29, 0.717) is 13.2 Å². The van der Waals surface area contributed by atoms with E-state index in [4.69, 9.17) is 14.7 Å². The van der Waals surface area contributed by atoms with Crippen molar-refractivity contribution in [2.75, 3.05) is 19.7 Å². The van der Waals surface area contributed by atoms with Crippen LogP contribution < -0.4 is 5.32 Å². The second-order valence-electron chi connectivity index (χ2n) is 4.22. The maximum atomic E-state index is 11.7. The van der Waals surface area contributed by atoms with Crippen LogP contribution in [0.25, 0.3) is 0 Å². The third-order valence-electron chi connectivity index (χ3n) is 3.14. The molecule has 2 aliphatic heterocycles. The maximum Gasteiger partial charge on any atom is 0.311 e. The van der Waals surface area contributed by atoms with E-state index in [9.17, 15) is 4.79 Å². The molecule has 0 spiro atoms. The Balaban J connectivity index is 1.63. The van der Waals surface area contributed by atoms with Gasteiger partial charge in [0.2, 0.25) is 0 Å². The summed E-state index contributed by atoms with van der Waals surface area (Å²) in [7, 11) is 0. The van der Waals surface area contributed by atoms with Gasteiger partial charge >= 0.3 is 5.97 Å². The number of carbonyl (C=O) groups is 1. The lowest BCUT2D eigenvalue weighted by molar-refractivity contribution is -0.150. The summed E-state index contributed by atoms with van der Waals surface area (Å²) in [6.07, 6.45) is 3.24. The van der Waals surface area contributed by atoms with Crippen molar-refractivity contribution in [2.24, 2.45) is 5.92 Å². The number of esters is 1. The highest BCUT2D eigenvalue weighted by Gasteiger charge is 2.45. The normalized spacial score (nSPS) is 31.3. The van der Waals surface area contributed by atoms with Gasteiger partial charge in [-0.15, -0.1) is 0 Å². The van der Waals surface area contributed by atoms with Gasteiger partial charge in [0.1, 0.15) is 6.61 Å². The van der Waals surface area contributed by atoms with Crippen LogP contribution in [-0.2, 0) is 14.3 Å². The fourth-order valence-electron chi connectivity index (χ4n) is 2.36. The molecule has 88 valence electrons. The molecule has 5 heteroatoms. The first-order valence-electron chi connectivity index (χ1n) is 5.71. The predicted octanol–water partition coefficient (Wildman–Crippen LogP) is 0.210. The zero-order valence-corrected chi connectivity index (χ0v) is 9.15. The third kappa shape index (κ3) is 2.52. The minimum atomic E-state index is -0.147. The van der Waals surface area contributed by atoms with E-state index in [0.717, 1.165) is 19.3 Å². The Hall–Kier alpha value is -1.12. The Morgan fingerprint density at radius 3 is 3.06 bits per heavy atom. The Morgan fingerprint density at radius 2 is 2.44 bits per heavy atom. The molecule has 3 atom stereocenters. The number of nitrogens with one attached hydrogen (secondary N) is 1. The highest BCUT2D eigenvalue weighted by atomic mass is 16.5. The summed E-state index contributed by atoms with van der Waals surface area (Å²) in [5.41, 5.74) is 0. The van der Waals surface area contributed by atoms with Gasteiger partial charge in [0.15, 0.2) is 0 Å². The molecule has 2 bridgehead atoms. The molecule has 2 rings (SSSR count). The largest absolute Gasteiger partial charge is 0.464 e. The van der Waals surface area contributed by atoms with Gasteiger partial charge in [0.25, 0.3) is 0 Å². The van der Waals surface area contributed by atoms with Crippen LogP contribution in [0.4, 0.5) is 0 Å². The van der Waals surface area contributed by atoms with Crippen molar-refractivity contribution in [1.82, 2.24) is 5.32 Å². The van der Waals surface area contributed by atoms with Gasteiger partial charge in [0.05, 0.1) is 30.7 Å². The average Bonchev–Trinajstić information content (AvgIpc) is 2.90. The van der Waals surface area contributed by atoms with E-state index < -0.39 is 0 Å². The topological polar surface area (TPSA) is 71.3 Å². The van der Waals surface area contributed by atoms with E-state index in [-0.39, 0.29) is 30.6 Å². The van der Waals surface area contributed by atoms with E-state index in [1.54, 1.807) is 0 Å². The number of rotatable bonds is 5. The van der Waals surface area contributed by atoms with Gasteiger partial charge in [-0.25, -0.2) is 0 Å². The molecule has 0 radical (unpaired) electrons. The molecule has 1 N–H and O–H groups in total. The van der Waals surface area contributed by atoms with Gasteiger partial charge in [-0.1, -0.05) is 0 Å². The van der Waals surface area contributed by atoms with Gasteiger partial charge in [-0.05, 0) is 19.3 Å². The summed E-state index contributed by atoms with van der Waals surface area (Å²) < 4.78 is 10.7. The zero-order valence-electron chi connectivity index (χ0n) is 9.15. The maximum absolute atomic E-state index is 11.7. The van der Waals surface area contributed by atoms with Crippen LogP contribution >= 0.6 is 0 Å². The molecule has 2 aliphatic rings. The molecule has 16 heavy (non-hydrogen) atoms. The Morgan fingerprint density at radius 1 is 1.56 bits per heavy atom. The number of hydrogen-bond acceptors (Lipinski definition) is 5. The highest BCUT2D eigenvalue weighted by Crippen LogP contribution is 2.39. The fraction of sp³-hybridized carbons (Fsp3) is 0.818. The van der Waals surface area contributed by atoms with Gasteiger partial charge in [-0.2, -0.15) is 5.26 Å². The SMILES string of the molecule is N#CCNCCOC(=O)C1CC2CCC1O2. The number of carbonyl (C=O) groups excluding carboxylic acids is 1. The first kappa shape index (κ1) is 11.4. The minimum Gasteiger partial charge on any atom is -0.464 e. The molecule has 0 aliphatic carbocycles. The lowest BCUT2D eigenvalue weighted by Crippen LogP contribution is -2.29. The molecule has 2 fully saturated rings. The minimum absolute atomic E-state index is 0.0604. The molecule has 2 saturated heterocycles. The third-order valence-corrected chi connectivity index (χ3v) is 3.14. The van der Waals surface area contributed by atoms with Crippen LogP contribution in [0.15, 0.2) is 0 Å². The Labute approximate surface area is 94.7 Å². The first-order valence-corrected chi connectivity index (χ1v) is 5.71. The quantitative estimate of drug-likeness (QED) is 0.410. The molecule has 0 aromatic rings. The van der Waals surface area contributed by atoms with Crippen LogP contribution in [-0.4, -0.2) is 37.9 Å². The number of nitrogens with zero attached hydrogens (tertiary/aromatic N) is 1. The summed E-state index contributed by atoms with van der Waals surface area (Å²) in [4.78, 5) is 11.7. The van der Waals surface area contributed by atoms with Crippen molar-refractivity contribution < 1.29 is 14.3 Å². The van der Waals surface area contributed by atoms with E-state index >= 15 is 0 Å². The lowest BCUT2D eigenvalue weighted by atomic mass is 9.89. The number of nitriles is 1. The van der Waals surface area contributed by atoms with Crippen LogP contribution in [0.2, 0.25) is 0 Å². The van der Waals surface area contributed by atoms with E-state index in [2.05, 4.69) is 5.32 Å². The monoisotopic (exact) mass is 224 g/mol. The first-order chi connectivity index (χ1) is 7.81. The smallest absolute Gasteiger partial charge is 0.311 e. The molecule has 5 nitrogen and oxygen atoms in total. The van der Waals surface area contributed by atoms with E-state index in [1.807, 2.05) is 6.07 Å². The van der Waals surface area contributed by atoms with Gasteiger partial charge < -0.3 is 14.8 Å². The average molecular weight is 224 g/mol. The summed E-state index contributed by atoms with van der Waals surface area (Å²) >= 11 is 0. The lowest BCUT2D eigenvalue weighted by Gasteiger charge is -2.16. The zero-order chi connectivity index (χ0) is 11.4. The summed E-state index contributed by atoms with van der Waals surface area (Å²) in [5, 5.41) is 11.1. The summed E-state index contributed by atoms with van der Waals surface area (Å²) in [6, 6.07) is 1.96. The number of ether oxygens (including phenoxy) is 2. The highest BCUT2D eigenvalue weighted by molar-refractivity contribution is 5.73. The molecular weight excluding hydrogens is 208 g/mol. The predicted molar refractivity (Wildman–Crippen MR) is 55.4 cm³/mol. The van der Waals surface area contributed by atoms with Crippen LogP contribution in [0, 0.1) is 17.2 Å². The second kappa shape index (κ2) is 5.28. The number of fused-ring (bicyclic) bond motifs is 2. The van der Waals surface area contributed by atoms with Crippen molar-refractivity contribution in [3.63, 3.8) is 0 Å². The van der Waals surface area contributed by atoms with Crippen molar-refractivity contribution in [2.45, 2.75) is 31.5 Å². The van der Waals surface area contributed by atoms with Gasteiger partial charge in [-0.3, -0.25) is 4.79 Å². The van der Waals surface area contributed by atoms with Crippen LogP contribution in [0.3, 0.4) is 0 Å². The molecule has 3 unspecified atom stereocenters. The molecule has 2 heterocycles. The van der Waals surface area contributed by atoms with Crippen LogP contribution in [0.1, 0.15) is 19.3 Å². The Bertz CT molecular complexity index is 300. The molecular formula is C11H16N2O3. The Kier molecular flexibility index (Phi) is 3.75. The van der Waals surface area contributed by atoms with Crippen molar-refractivity contribution in [3.05, 3.63) is 0 Å². The van der Waals surface area contributed by atoms with Gasteiger partial charge in [0, 0.05) is 6.54 Å². The van der Waals surface area contributed by atoms with Crippen molar-refractivity contribution in [3.8, 4) is 6.07 Å². The molecule has 0 saturated carbocycles. The standard InChI is InChI=1S/C11H16N2O3/c12-3-4-13-5-6-15-11(14)9-7-8-1-2-10(9)16-8/h8-10,13H,1-2,4-7H2. The molecule has 0 aromatic carbocycles. The van der Waals surface area contributed by atoms with Crippen LogP contribution in [0.5, 0.6) is 0 Å². The van der Waals surface area contributed by atoms with E-state index in [1.165, 1.54) is 0 Å². The summed E-state index contributed by atoms with van der Waals surface area (Å²) in [6.45, 7) is 1.14. The number of hydrogen-bond donors (Lipinski definition) is 1.